The summed E-state index contributed by atoms with van der Waals surface area (Å²) in [4.78, 5) is 12.5. The van der Waals surface area contributed by atoms with Crippen molar-refractivity contribution in [2.75, 3.05) is 18.4 Å². The summed E-state index contributed by atoms with van der Waals surface area (Å²) in [5.74, 6) is -0.198. The van der Waals surface area contributed by atoms with Gasteiger partial charge >= 0.3 is 0 Å². The number of anilines is 1. The summed E-state index contributed by atoms with van der Waals surface area (Å²) >= 11 is 4.51. The molecule has 3 rings (SSSR count). The summed E-state index contributed by atoms with van der Waals surface area (Å²) < 4.78 is 27.9. The lowest BCUT2D eigenvalue weighted by atomic mass is 9.97. The molecule has 27 heavy (non-hydrogen) atoms. The van der Waals surface area contributed by atoms with Gasteiger partial charge in [0.1, 0.15) is 4.21 Å². The molecule has 2 heterocycles. The van der Waals surface area contributed by atoms with Crippen molar-refractivity contribution in [3.8, 4) is 0 Å². The second kappa shape index (κ2) is 8.86. The van der Waals surface area contributed by atoms with Crippen LogP contribution in [-0.4, -0.2) is 31.7 Å². The number of carbonyl (C=O) groups excluding carboxylic acids is 1. The molecule has 0 bridgehead atoms. The molecule has 0 spiro atoms. The lowest BCUT2D eigenvalue weighted by Gasteiger charge is -2.30. The van der Waals surface area contributed by atoms with Crippen LogP contribution >= 0.6 is 27.3 Å². The highest BCUT2D eigenvalue weighted by Gasteiger charge is 2.32. The van der Waals surface area contributed by atoms with Gasteiger partial charge in [0.2, 0.25) is 5.91 Å². The van der Waals surface area contributed by atoms with Crippen molar-refractivity contribution in [3.63, 3.8) is 0 Å². The molecule has 1 fully saturated rings. The molecule has 2 aromatic rings. The zero-order chi connectivity index (χ0) is 19.4. The standard InChI is InChI=1S/C19H23BrN2O3S2/c1-2-3-14-4-6-16(7-5-14)21-19(23)15-10-12-22(13-11-15)27(24,25)18-9-8-17(20)26-18/h4-9,15H,2-3,10-13H2,1H3,(H,21,23). The number of hydrogen-bond donors (Lipinski definition) is 1. The van der Waals surface area contributed by atoms with E-state index in [0.29, 0.717) is 30.1 Å². The summed E-state index contributed by atoms with van der Waals surface area (Å²) in [7, 11) is -3.47. The van der Waals surface area contributed by atoms with E-state index >= 15 is 0 Å². The average Bonchev–Trinajstić information content (AvgIpc) is 3.11. The highest BCUT2D eigenvalue weighted by molar-refractivity contribution is 9.11. The Kier molecular flexibility index (Phi) is 6.73. The highest BCUT2D eigenvalue weighted by Crippen LogP contribution is 2.31. The van der Waals surface area contributed by atoms with Gasteiger partial charge in [-0.25, -0.2) is 8.42 Å². The fraction of sp³-hybridized carbons (Fsp3) is 0.421. The summed E-state index contributed by atoms with van der Waals surface area (Å²) in [6, 6.07) is 11.3. The minimum absolute atomic E-state index is 0.0332. The van der Waals surface area contributed by atoms with E-state index < -0.39 is 10.0 Å². The molecule has 8 heteroatoms. The van der Waals surface area contributed by atoms with Gasteiger partial charge in [0, 0.05) is 24.7 Å². The van der Waals surface area contributed by atoms with E-state index in [2.05, 4.69) is 28.2 Å². The maximum Gasteiger partial charge on any atom is 0.252 e. The number of hydrogen-bond acceptors (Lipinski definition) is 4. The fourth-order valence-electron chi connectivity index (χ4n) is 3.21. The number of sulfonamides is 1. The molecule has 1 aromatic heterocycles. The van der Waals surface area contributed by atoms with Crippen LogP contribution in [0.1, 0.15) is 31.7 Å². The maximum absolute atomic E-state index is 12.7. The van der Waals surface area contributed by atoms with Crippen LogP contribution in [0.3, 0.4) is 0 Å². The number of benzene rings is 1. The lowest BCUT2D eigenvalue weighted by molar-refractivity contribution is -0.120. The summed E-state index contributed by atoms with van der Waals surface area (Å²) in [5.41, 5.74) is 2.05. The van der Waals surface area contributed by atoms with Crippen molar-refractivity contribution >= 4 is 48.9 Å². The van der Waals surface area contributed by atoms with Crippen molar-refractivity contribution in [2.24, 2.45) is 5.92 Å². The van der Waals surface area contributed by atoms with Gasteiger partial charge in [0.15, 0.2) is 0 Å². The zero-order valence-electron chi connectivity index (χ0n) is 15.2. The van der Waals surface area contributed by atoms with Crippen molar-refractivity contribution < 1.29 is 13.2 Å². The minimum Gasteiger partial charge on any atom is -0.326 e. The Hall–Kier alpha value is -1.22. The summed E-state index contributed by atoms with van der Waals surface area (Å²) in [6.07, 6.45) is 3.19. The number of amides is 1. The minimum atomic E-state index is -3.47. The van der Waals surface area contributed by atoms with Gasteiger partial charge in [0.25, 0.3) is 10.0 Å². The third-order valence-corrected chi connectivity index (χ3v) is 8.72. The van der Waals surface area contributed by atoms with Crippen LogP contribution < -0.4 is 5.32 Å². The topological polar surface area (TPSA) is 66.5 Å². The number of rotatable bonds is 6. The SMILES string of the molecule is CCCc1ccc(NC(=O)C2CCN(S(=O)(=O)c3ccc(Br)s3)CC2)cc1. The van der Waals surface area contributed by atoms with Gasteiger partial charge in [-0.05, 0) is 65.0 Å². The first-order valence-electron chi connectivity index (χ1n) is 9.05. The van der Waals surface area contributed by atoms with E-state index in [1.807, 2.05) is 24.3 Å². The van der Waals surface area contributed by atoms with Crippen molar-refractivity contribution in [1.82, 2.24) is 4.31 Å². The Morgan fingerprint density at radius 3 is 2.41 bits per heavy atom. The van der Waals surface area contributed by atoms with Crippen LogP contribution in [-0.2, 0) is 21.2 Å². The van der Waals surface area contributed by atoms with Gasteiger partial charge in [-0.3, -0.25) is 4.79 Å². The molecular formula is C19H23BrN2O3S2. The first-order chi connectivity index (χ1) is 12.9. The number of halogens is 1. The van der Waals surface area contributed by atoms with Gasteiger partial charge in [-0.2, -0.15) is 4.31 Å². The average molecular weight is 471 g/mol. The van der Waals surface area contributed by atoms with Gasteiger partial charge in [-0.15, -0.1) is 11.3 Å². The molecule has 1 aliphatic rings. The number of piperidine rings is 1. The van der Waals surface area contributed by atoms with Crippen LogP contribution in [0.4, 0.5) is 5.69 Å². The van der Waals surface area contributed by atoms with Gasteiger partial charge in [0.05, 0.1) is 3.79 Å². The number of nitrogens with zero attached hydrogens (tertiary/aromatic N) is 1. The van der Waals surface area contributed by atoms with Crippen LogP contribution in [0, 0.1) is 5.92 Å². The molecule has 0 aliphatic carbocycles. The quantitative estimate of drug-likeness (QED) is 0.675. The van der Waals surface area contributed by atoms with E-state index in [9.17, 15) is 13.2 Å². The van der Waals surface area contributed by atoms with Crippen LogP contribution in [0.5, 0.6) is 0 Å². The predicted molar refractivity (Wildman–Crippen MR) is 113 cm³/mol. The summed E-state index contributed by atoms with van der Waals surface area (Å²) in [6.45, 7) is 2.87. The Labute approximate surface area is 173 Å². The second-order valence-electron chi connectivity index (χ2n) is 6.67. The fourth-order valence-corrected chi connectivity index (χ4v) is 6.84. The van der Waals surface area contributed by atoms with E-state index in [0.717, 1.165) is 22.3 Å². The molecular weight excluding hydrogens is 448 g/mol. The highest BCUT2D eigenvalue weighted by atomic mass is 79.9. The zero-order valence-corrected chi connectivity index (χ0v) is 18.4. The Balaban J connectivity index is 1.56. The molecule has 5 nitrogen and oxygen atoms in total. The third kappa shape index (κ3) is 4.99. The second-order valence-corrected chi connectivity index (χ2v) is 11.3. The van der Waals surface area contributed by atoms with Crippen LogP contribution in [0.15, 0.2) is 44.4 Å². The predicted octanol–water partition coefficient (Wildman–Crippen LogP) is 4.50. The van der Waals surface area contributed by atoms with Crippen molar-refractivity contribution in [3.05, 3.63) is 45.7 Å². The smallest absolute Gasteiger partial charge is 0.252 e. The largest absolute Gasteiger partial charge is 0.326 e. The molecule has 1 saturated heterocycles. The number of carbonyl (C=O) groups is 1. The Morgan fingerprint density at radius 1 is 1.19 bits per heavy atom. The van der Waals surface area contributed by atoms with Gasteiger partial charge in [-0.1, -0.05) is 25.5 Å². The molecule has 1 aliphatic heterocycles. The molecule has 0 atom stereocenters. The molecule has 0 unspecified atom stereocenters. The Morgan fingerprint density at radius 2 is 1.85 bits per heavy atom. The van der Waals surface area contributed by atoms with E-state index in [1.54, 1.807) is 12.1 Å². The first-order valence-corrected chi connectivity index (χ1v) is 12.1. The molecule has 146 valence electrons. The number of thiophene rings is 1. The van der Waals surface area contributed by atoms with Crippen molar-refractivity contribution in [1.29, 1.82) is 0 Å². The molecule has 1 amide bonds. The van der Waals surface area contributed by atoms with E-state index in [4.69, 9.17) is 0 Å². The van der Waals surface area contributed by atoms with E-state index in [1.165, 1.54) is 21.2 Å². The Bertz CT molecular complexity index is 886. The third-order valence-electron chi connectivity index (χ3n) is 4.73. The van der Waals surface area contributed by atoms with Crippen LogP contribution in [0.25, 0.3) is 0 Å². The number of aryl methyl sites for hydroxylation is 1. The summed E-state index contributed by atoms with van der Waals surface area (Å²) in [5, 5.41) is 2.96. The number of nitrogens with one attached hydrogen (secondary N) is 1. The molecule has 0 radical (unpaired) electrons. The molecule has 1 aromatic carbocycles. The molecule has 0 saturated carbocycles. The lowest BCUT2D eigenvalue weighted by Crippen LogP contribution is -2.41. The van der Waals surface area contributed by atoms with Crippen molar-refractivity contribution in [2.45, 2.75) is 36.8 Å². The molecule has 1 N–H and O–H groups in total. The van der Waals surface area contributed by atoms with Gasteiger partial charge < -0.3 is 5.32 Å². The monoisotopic (exact) mass is 470 g/mol. The maximum atomic E-state index is 12.7. The van der Waals surface area contributed by atoms with Crippen LogP contribution in [0.2, 0.25) is 0 Å². The normalized spacial score (nSPS) is 16.4. The van der Waals surface area contributed by atoms with E-state index in [-0.39, 0.29) is 11.8 Å². The first kappa shape index (κ1) is 20.5.